The van der Waals surface area contributed by atoms with Crippen molar-refractivity contribution in [2.45, 2.75) is 20.3 Å². The van der Waals surface area contributed by atoms with Gasteiger partial charge >= 0.3 is 5.97 Å². The maximum atomic E-state index is 11.0. The molecule has 0 saturated heterocycles. The van der Waals surface area contributed by atoms with Gasteiger partial charge in [-0.25, -0.2) is 4.79 Å². The summed E-state index contributed by atoms with van der Waals surface area (Å²) in [4.78, 5) is 11.0. The van der Waals surface area contributed by atoms with E-state index < -0.39 is 5.97 Å². The molecule has 0 aliphatic rings. The molecular formula is C13H18O3S. The molecule has 3 nitrogen and oxygen atoms in total. The van der Waals surface area contributed by atoms with E-state index in [0.29, 0.717) is 12.4 Å². The summed E-state index contributed by atoms with van der Waals surface area (Å²) in [5, 5.41) is 9.01. The molecule has 1 N–H and O–H groups in total. The van der Waals surface area contributed by atoms with Crippen molar-refractivity contribution in [3.63, 3.8) is 0 Å². The van der Waals surface area contributed by atoms with E-state index in [1.165, 1.54) is 0 Å². The molecule has 0 aromatic heterocycles. The quantitative estimate of drug-likeness (QED) is 0.759. The van der Waals surface area contributed by atoms with Gasteiger partial charge in [0.05, 0.1) is 6.61 Å². The first-order valence-corrected chi connectivity index (χ1v) is 6.85. The second kappa shape index (κ2) is 7.22. The van der Waals surface area contributed by atoms with Gasteiger partial charge in [-0.3, -0.25) is 0 Å². The fraction of sp³-hybridized carbons (Fsp3) is 0.462. The van der Waals surface area contributed by atoms with Crippen LogP contribution in [0.5, 0.6) is 5.75 Å². The number of aromatic carboxylic acids is 1. The molecule has 0 bridgehead atoms. The van der Waals surface area contributed by atoms with Gasteiger partial charge in [0, 0.05) is 0 Å². The lowest BCUT2D eigenvalue weighted by atomic mass is 10.1. The van der Waals surface area contributed by atoms with Gasteiger partial charge in [0.1, 0.15) is 11.3 Å². The Kier molecular flexibility index (Phi) is 5.91. The monoisotopic (exact) mass is 254 g/mol. The van der Waals surface area contributed by atoms with Gasteiger partial charge in [0.25, 0.3) is 0 Å². The van der Waals surface area contributed by atoms with Crippen molar-refractivity contribution in [2.24, 2.45) is 0 Å². The highest BCUT2D eigenvalue weighted by Gasteiger charge is 2.10. The molecule has 0 heterocycles. The van der Waals surface area contributed by atoms with Crippen molar-refractivity contribution in [1.29, 1.82) is 0 Å². The largest absolute Gasteiger partial charge is 0.493 e. The number of benzene rings is 1. The minimum absolute atomic E-state index is 0.235. The van der Waals surface area contributed by atoms with Gasteiger partial charge in [-0.15, -0.1) is 0 Å². The summed E-state index contributed by atoms with van der Waals surface area (Å²) in [6, 6.07) is 5.15. The Morgan fingerprint density at radius 2 is 2.24 bits per heavy atom. The van der Waals surface area contributed by atoms with Crippen molar-refractivity contribution in [3.8, 4) is 5.75 Å². The molecule has 0 spiro atoms. The zero-order chi connectivity index (χ0) is 12.7. The SMILES string of the molecule is CCSCCCOc1cc(C)ccc1C(=O)O. The number of hydrogen-bond acceptors (Lipinski definition) is 3. The predicted molar refractivity (Wildman–Crippen MR) is 71.2 cm³/mol. The van der Waals surface area contributed by atoms with E-state index in [2.05, 4.69) is 6.92 Å². The van der Waals surface area contributed by atoms with Crippen LogP contribution in [0.4, 0.5) is 0 Å². The number of thioether (sulfide) groups is 1. The minimum Gasteiger partial charge on any atom is -0.493 e. The Labute approximate surface area is 106 Å². The Bertz CT molecular complexity index is 377. The second-order valence-corrected chi connectivity index (χ2v) is 5.10. The lowest BCUT2D eigenvalue weighted by molar-refractivity contribution is 0.0692. The molecule has 0 aliphatic carbocycles. The fourth-order valence-corrected chi connectivity index (χ4v) is 2.02. The lowest BCUT2D eigenvalue weighted by Crippen LogP contribution is -2.05. The van der Waals surface area contributed by atoms with Crippen molar-refractivity contribution in [3.05, 3.63) is 29.3 Å². The molecule has 0 unspecified atom stereocenters. The number of carbonyl (C=O) groups is 1. The first-order valence-electron chi connectivity index (χ1n) is 5.69. The minimum atomic E-state index is -0.942. The smallest absolute Gasteiger partial charge is 0.339 e. The number of carboxylic acid groups (broad SMARTS) is 1. The van der Waals surface area contributed by atoms with Crippen LogP contribution in [0.2, 0.25) is 0 Å². The Morgan fingerprint density at radius 3 is 2.88 bits per heavy atom. The molecule has 0 radical (unpaired) electrons. The highest BCUT2D eigenvalue weighted by atomic mass is 32.2. The van der Waals surface area contributed by atoms with Crippen LogP contribution in [0.15, 0.2) is 18.2 Å². The van der Waals surface area contributed by atoms with E-state index in [-0.39, 0.29) is 5.56 Å². The summed E-state index contributed by atoms with van der Waals surface area (Å²) >= 11 is 1.86. The van der Waals surface area contributed by atoms with Gasteiger partial charge in [0.2, 0.25) is 0 Å². The van der Waals surface area contributed by atoms with Crippen LogP contribution in [-0.4, -0.2) is 29.2 Å². The molecule has 94 valence electrons. The fourth-order valence-electron chi connectivity index (χ4n) is 1.41. The third-order valence-corrected chi connectivity index (χ3v) is 3.25. The van der Waals surface area contributed by atoms with Crippen LogP contribution >= 0.6 is 11.8 Å². The maximum absolute atomic E-state index is 11.0. The highest BCUT2D eigenvalue weighted by Crippen LogP contribution is 2.20. The van der Waals surface area contributed by atoms with Crippen molar-refractivity contribution in [1.82, 2.24) is 0 Å². The summed E-state index contributed by atoms with van der Waals surface area (Å²) in [6.45, 7) is 4.61. The van der Waals surface area contributed by atoms with Crippen LogP contribution in [0.1, 0.15) is 29.3 Å². The van der Waals surface area contributed by atoms with E-state index in [1.807, 2.05) is 18.7 Å². The van der Waals surface area contributed by atoms with Crippen LogP contribution < -0.4 is 4.74 Å². The Balaban J connectivity index is 2.56. The zero-order valence-corrected chi connectivity index (χ0v) is 11.0. The highest BCUT2D eigenvalue weighted by molar-refractivity contribution is 7.99. The van der Waals surface area contributed by atoms with Gasteiger partial charge in [-0.2, -0.15) is 11.8 Å². The Hall–Kier alpha value is -1.16. The summed E-state index contributed by atoms with van der Waals surface area (Å²) in [5.74, 6) is 1.68. The molecule has 1 aromatic rings. The molecule has 1 rings (SSSR count). The summed E-state index contributed by atoms with van der Waals surface area (Å²) < 4.78 is 5.53. The van der Waals surface area contributed by atoms with E-state index in [0.717, 1.165) is 23.5 Å². The first kappa shape index (κ1) is 13.9. The maximum Gasteiger partial charge on any atom is 0.339 e. The molecule has 0 saturated carbocycles. The van der Waals surface area contributed by atoms with E-state index in [1.54, 1.807) is 18.2 Å². The predicted octanol–water partition coefficient (Wildman–Crippen LogP) is 3.22. The van der Waals surface area contributed by atoms with Crippen molar-refractivity contribution in [2.75, 3.05) is 18.1 Å². The Morgan fingerprint density at radius 1 is 1.47 bits per heavy atom. The first-order chi connectivity index (χ1) is 8.15. The van der Waals surface area contributed by atoms with Crippen LogP contribution in [0, 0.1) is 6.92 Å². The molecule has 0 fully saturated rings. The third-order valence-electron chi connectivity index (χ3n) is 2.26. The topological polar surface area (TPSA) is 46.5 Å². The van der Waals surface area contributed by atoms with E-state index in [4.69, 9.17) is 9.84 Å². The van der Waals surface area contributed by atoms with Gasteiger partial charge in [-0.1, -0.05) is 13.0 Å². The average molecular weight is 254 g/mol. The number of hydrogen-bond donors (Lipinski definition) is 1. The number of ether oxygens (including phenoxy) is 1. The van der Waals surface area contributed by atoms with Crippen molar-refractivity contribution >= 4 is 17.7 Å². The molecule has 0 aliphatic heterocycles. The molecular weight excluding hydrogens is 236 g/mol. The molecule has 0 amide bonds. The molecule has 4 heteroatoms. The number of carboxylic acids is 1. The average Bonchev–Trinajstić information content (AvgIpc) is 2.28. The normalized spacial score (nSPS) is 10.2. The van der Waals surface area contributed by atoms with Crippen LogP contribution in [0.3, 0.4) is 0 Å². The standard InChI is InChI=1S/C13H18O3S/c1-3-17-8-4-7-16-12-9-10(2)5-6-11(12)13(14)15/h5-6,9H,3-4,7-8H2,1-2H3,(H,14,15). The molecule has 0 atom stereocenters. The van der Waals surface area contributed by atoms with Crippen LogP contribution in [-0.2, 0) is 0 Å². The van der Waals surface area contributed by atoms with Crippen LogP contribution in [0.25, 0.3) is 0 Å². The lowest BCUT2D eigenvalue weighted by Gasteiger charge is -2.09. The van der Waals surface area contributed by atoms with Gasteiger partial charge < -0.3 is 9.84 Å². The molecule has 1 aromatic carbocycles. The van der Waals surface area contributed by atoms with E-state index in [9.17, 15) is 4.79 Å². The van der Waals surface area contributed by atoms with Gasteiger partial charge in [-0.05, 0) is 42.5 Å². The number of rotatable bonds is 7. The molecule has 17 heavy (non-hydrogen) atoms. The summed E-state index contributed by atoms with van der Waals surface area (Å²) in [6.07, 6.45) is 0.936. The van der Waals surface area contributed by atoms with Crippen molar-refractivity contribution < 1.29 is 14.6 Å². The van der Waals surface area contributed by atoms with E-state index >= 15 is 0 Å². The zero-order valence-electron chi connectivity index (χ0n) is 10.2. The third kappa shape index (κ3) is 4.69. The summed E-state index contributed by atoms with van der Waals surface area (Å²) in [5.41, 5.74) is 1.24. The summed E-state index contributed by atoms with van der Waals surface area (Å²) in [7, 11) is 0. The second-order valence-electron chi connectivity index (χ2n) is 3.70. The van der Waals surface area contributed by atoms with Gasteiger partial charge in [0.15, 0.2) is 0 Å². The number of aryl methyl sites for hydroxylation is 1.